The lowest BCUT2D eigenvalue weighted by atomic mass is 10.0. The highest BCUT2D eigenvalue weighted by Crippen LogP contribution is 2.23. The molecule has 7 nitrogen and oxygen atoms in total. The van der Waals surface area contributed by atoms with Crippen molar-refractivity contribution < 1.29 is 17.2 Å². The Bertz CT molecular complexity index is 513. The zero-order valence-electron chi connectivity index (χ0n) is 9.03. The van der Waals surface area contributed by atoms with E-state index in [4.69, 9.17) is 4.18 Å². The number of hydrogen-bond acceptors (Lipinski definition) is 6. The molecular formula is C9H11N3O4S. The average Bonchev–Trinajstić information content (AvgIpc) is 2.86. The molecule has 1 atom stereocenters. The molecule has 2 rings (SSSR count). The molecule has 92 valence electrons. The first kappa shape index (κ1) is 11.8. The Hall–Kier alpha value is -1.67. The summed E-state index contributed by atoms with van der Waals surface area (Å²) in [4.78, 5) is 2.89. The van der Waals surface area contributed by atoms with Gasteiger partial charge in [0.1, 0.15) is 5.69 Å². The van der Waals surface area contributed by atoms with E-state index in [0.29, 0.717) is 5.69 Å². The molecule has 0 spiro atoms. The van der Waals surface area contributed by atoms with Gasteiger partial charge in [-0.2, -0.15) is 8.42 Å². The Morgan fingerprint density at radius 3 is 2.94 bits per heavy atom. The second kappa shape index (κ2) is 4.68. The average molecular weight is 257 g/mol. The Labute approximate surface area is 97.9 Å². The van der Waals surface area contributed by atoms with Gasteiger partial charge >= 0.3 is 0 Å². The van der Waals surface area contributed by atoms with E-state index < -0.39 is 10.1 Å². The van der Waals surface area contributed by atoms with Gasteiger partial charge < -0.3 is 4.98 Å². The molecule has 0 fully saturated rings. The molecule has 0 aliphatic carbocycles. The second-order valence-electron chi connectivity index (χ2n) is 3.52. The van der Waals surface area contributed by atoms with Gasteiger partial charge in [0, 0.05) is 12.4 Å². The summed E-state index contributed by atoms with van der Waals surface area (Å²) in [6.07, 6.45) is 5.91. The zero-order chi connectivity index (χ0) is 12.3. The van der Waals surface area contributed by atoms with Crippen LogP contribution in [0.2, 0.25) is 0 Å². The second-order valence-corrected chi connectivity index (χ2v) is 5.16. The van der Waals surface area contributed by atoms with Gasteiger partial charge in [-0.15, -0.1) is 0 Å². The van der Waals surface area contributed by atoms with Crippen LogP contribution < -0.4 is 0 Å². The van der Waals surface area contributed by atoms with Crippen LogP contribution in [-0.2, 0) is 14.3 Å². The maximum atomic E-state index is 11.0. The number of aromatic nitrogens is 3. The molecule has 2 aromatic heterocycles. The van der Waals surface area contributed by atoms with Gasteiger partial charge in [0.15, 0.2) is 0 Å². The van der Waals surface area contributed by atoms with Crippen molar-refractivity contribution in [1.29, 1.82) is 0 Å². The lowest BCUT2D eigenvalue weighted by Crippen LogP contribution is -2.13. The van der Waals surface area contributed by atoms with Crippen LogP contribution in [-0.4, -0.2) is 36.6 Å². The summed E-state index contributed by atoms with van der Waals surface area (Å²) in [5, 5.41) is 7.19. The molecular weight excluding hydrogens is 246 g/mol. The first-order valence-electron chi connectivity index (χ1n) is 4.81. The molecule has 0 aromatic carbocycles. The van der Waals surface area contributed by atoms with Crippen molar-refractivity contribution in [3.8, 4) is 0 Å². The number of rotatable bonds is 5. The first-order valence-corrected chi connectivity index (χ1v) is 6.62. The van der Waals surface area contributed by atoms with Gasteiger partial charge in [0.2, 0.25) is 0 Å². The predicted molar refractivity (Wildman–Crippen MR) is 57.7 cm³/mol. The van der Waals surface area contributed by atoms with E-state index in [1.54, 1.807) is 12.4 Å². The van der Waals surface area contributed by atoms with Crippen molar-refractivity contribution in [2.24, 2.45) is 0 Å². The summed E-state index contributed by atoms with van der Waals surface area (Å²) in [5.41, 5.74) is 1.37. The van der Waals surface area contributed by atoms with Gasteiger partial charge in [-0.25, -0.2) is 4.63 Å². The SMILES string of the molecule is CS(=O)(=O)OCC(c1cc[nH]c1)c1cnon1. The molecule has 0 aliphatic heterocycles. The minimum atomic E-state index is -3.49. The van der Waals surface area contributed by atoms with Crippen LogP contribution >= 0.6 is 0 Å². The smallest absolute Gasteiger partial charge is 0.264 e. The minimum Gasteiger partial charge on any atom is -0.367 e. The van der Waals surface area contributed by atoms with Crippen molar-refractivity contribution in [3.05, 3.63) is 35.9 Å². The van der Waals surface area contributed by atoms with E-state index in [1.165, 1.54) is 6.20 Å². The zero-order valence-corrected chi connectivity index (χ0v) is 9.85. The highest BCUT2D eigenvalue weighted by atomic mass is 32.2. The highest BCUT2D eigenvalue weighted by Gasteiger charge is 2.20. The van der Waals surface area contributed by atoms with Gasteiger partial charge in [0.05, 0.1) is 25.0 Å². The van der Waals surface area contributed by atoms with Crippen molar-refractivity contribution in [2.45, 2.75) is 5.92 Å². The van der Waals surface area contributed by atoms with Gasteiger partial charge in [-0.1, -0.05) is 10.3 Å². The lowest BCUT2D eigenvalue weighted by Gasteiger charge is -2.11. The highest BCUT2D eigenvalue weighted by molar-refractivity contribution is 7.85. The molecule has 0 saturated heterocycles. The molecule has 1 N–H and O–H groups in total. The largest absolute Gasteiger partial charge is 0.367 e. The van der Waals surface area contributed by atoms with Crippen molar-refractivity contribution in [3.63, 3.8) is 0 Å². The summed E-state index contributed by atoms with van der Waals surface area (Å²) in [5.74, 6) is -0.331. The quantitative estimate of drug-likeness (QED) is 0.783. The molecule has 17 heavy (non-hydrogen) atoms. The Balaban J connectivity index is 2.20. The fourth-order valence-electron chi connectivity index (χ4n) is 1.42. The predicted octanol–water partition coefficient (Wildman–Crippen LogP) is 0.506. The maximum Gasteiger partial charge on any atom is 0.264 e. The third-order valence-corrected chi connectivity index (χ3v) is 2.77. The first-order chi connectivity index (χ1) is 8.06. The van der Waals surface area contributed by atoms with E-state index in [-0.39, 0.29) is 12.5 Å². The summed E-state index contributed by atoms with van der Waals surface area (Å²) in [7, 11) is -3.49. The number of H-pyrrole nitrogens is 1. The van der Waals surface area contributed by atoms with E-state index in [9.17, 15) is 8.42 Å². The molecule has 2 heterocycles. The summed E-state index contributed by atoms with van der Waals surface area (Å²) in [6.45, 7) is -0.0368. The van der Waals surface area contributed by atoms with E-state index in [1.807, 2.05) is 6.07 Å². The number of aromatic amines is 1. The Morgan fingerprint density at radius 2 is 2.41 bits per heavy atom. The molecule has 0 radical (unpaired) electrons. The molecule has 0 amide bonds. The van der Waals surface area contributed by atoms with Gasteiger partial charge in [-0.05, 0) is 11.6 Å². The normalized spacial score (nSPS) is 13.7. The van der Waals surface area contributed by atoms with Crippen LogP contribution in [0.5, 0.6) is 0 Å². The number of hydrogen-bond donors (Lipinski definition) is 1. The summed E-state index contributed by atoms with van der Waals surface area (Å²) in [6, 6.07) is 1.81. The minimum absolute atomic E-state index is 0.0368. The molecule has 0 aliphatic rings. The van der Waals surface area contributed by atoms with Crippen LogP contribution in [0, 0.1) is 0 Å². The molecule has 0 bridgehead atoms. The Morgan fingerprint density at radius 1 is 1.59 bits per heavy atom. The third-order valence-electron chi connectivity index (χ3n) is 2.21. The lowest BCUT2D eigenvalue weighted by molar-refractivity contribution is 0.284. The van der Waals surface area contributed by atoms with Crippen molar-refractivity contribution in [1.82, 2.24) is 15.3 Å². The van der Waals surface area contributed by atoms with Crippen LogP contribution in [0.25, 0.3) is 0 Å². The molecule has 1 unspecified atom stereocenters. The number of nitrogens with zero attached hydrogens (tertiary/aromatic N) is 2. The third kappa shape index (κ3) is 3.14. The van der Waals surface area contributed by atoms with E-state index >= 15 is 0 Å². The van der Waals surface area contributed by atoms with E-state index in [2.05, 4.69) is 19.9 Å². The standard InChI is InChI=1S/C9H11N3O4S/c1-17(13,14)15-6-8(7-2-3-10-4-7)9-5-11-16-12-9/h2-5,8,10H,6H2,1H3. The monoisotopic (exact) mass is 257 g/mol. The fourth-order valence-corrected chi connectivity index (χ4v) is 1.81. The molecule has 0 saturated carbocycles. The van der Waals surface area contributed by atoms with Gasteiger partial charge in [-0.3, -0.25) is 4.18 Å². The van der Waals surface area contributed by atoms with Crippen LogP contribution in [0.4, 0.5) is 0 Å². The van der Waals surface area contributed by atoms with Crippen LogP contribution in [0.15, 0.2) is 29.3 Å². The van der Waals surface area contributed by atoms with Gasteiger partial charge in [0.25, 0.3) is 10.1 Å². The molecule has 8 heteroatoms. The maximum absolute atomic E-state index is 11.0. The summed E-state index contributed by atoms with van der Waals surface area (Å²) >= 11 is 0. The van der Waals surface area contributed by atoms with E-state index in [0.717, 1.165) is 11.8 Å². The Kier molecular flexibility index (Phi) is 3.25. The summed E-state index contributed by atoms with van der Waals surface area (Å²) < 4.78 is 31.3. The fraction of sp³-hybridized carbons (Fsp3) is 0.333. The van der Waals surface area contributed by atoms with Crippen molar-refractivity contribution in [2.75, 3.05) is 12.9 Å². The molecule has 2 aromatic rings. The van der Waals surface area contributed by atoms with Crippen LogP contribution in [0.1, 0.15) is 17.2 Å². The topological polar surface area (TPSA) is 98.1 Å². The van der Waals surface area contributed by atoms with Crippen molar-refractivity contribution >= 4 is 10.1 Å². The number of nitrogens with one attached hydrogen (secondary N) is 1. The van der Waals surface area contributed by atoms with Crippen LogP contribution in [0.3, 0.4) is 0 Å².